The minimum absolute atomic E-state index is 0.118. The van der Waals surface area contributed by atoms with Gasteiger partial charge in [-0.3, -0.25) is 9.59 Å². The van der Waals surface area contributed by atoms with Gasteiger partial charge >= 0.3 is 0 Å². The van der Waals surface area contributed by atoms with E-state index in [1.807, 2.05) is 6.92 Å². The fraction of sp³-hybridized carbons (Fsp3) is 0.190. The highest BCUT2D eigenvalue weighted by Crippen LogP contribution is 2.27. The maximum Gasteiger partial charge on any atom is 0.255 e. The number of anilines is 1. The first-order valence-corrected chi connectivity index (χ1v) is 9.72. The number of benzene rings is 2. The van der Waals surface area contributed by atoms with Crippen molar-refractivity contribution < 1.29 is 14.0 Å². The average molecular weight is 442 g/mol. The van der Waals surface area contributed by atoms with Gasteiger partial charge in [0.1, 0.15) is 5.82 Å². The number of carbonyl (C=O) groups is 2. The monoisotopic (exact) mass is 441 g/mol. The third kappa shape index (κ3) is 3.38. The minimum Gasteiger partial charge on any atom is -0.319 e. The number of halogens is 2. The predicted octanol–water partition coefficient (Wildman–Crippen LogP) is 4.85. The van der Waals surface area contributed by atoms with E-state index in [1.165, 1.54) is 12.1 Å². The largest absolute Gasteiger partial charge is 0.319 e. The lowest BCUT2D eigenvalue weighted by molar-refractivity contribution is 0.0970. The van der Waals surface area contributed by atoms with Crippen LogP contribution in [0.1, 0.15) is 44.9 Å². The highest BCUT2D eigenvalue weighted by atomic mass is 79.9. The van der Waals surface area contributed by atoms with Gasteiger partial charge in [0, 0.05) is 16.5 Å². The van der Waals surface area contributed by atoms with Gasteiger partial charge in [-0.05, 0) is 62.2 Å². The van der Waals surface area contributed by atoms with Gasteiger partial charge in [-0.15, -0.1) is 0 Å². The molecule has 0 aliphatic heterocycles. The summed E-state index contributed by atoms with van der Waals surface area (Å²) in [7, 11) is 0. The molecule has 7 heteroatoms. The van der Waals surface area contributed by atoms with Crippen molar-refractivity contribution >= 4 is 33.3 Å². The molecule has 0 saturated heterocycles. The predicted molar refractivity (Wildman–Crippen MR) is 108 cm³/mol. The van der Waals surface area contributed by atoms with E-state index in [-0.39, 0.29) is 11.5 Å². The van der Waals surface area contributed by atoms with Crippen LogP contribution in [0.3, 0.4) is 0 Å². The SMILES string of the molecule is Cc1nn(-c2ccc(C(=O)Nc3ccc(Br)cc3F)cc2)c2c1C(=O)CCC2. The number of fused-ring (bicyclic) bond motifs is 1. The summed E-state index contributed by atoms with van der Waals surface area (Å²) < 4.78 is 16.3. The molecule has 0 atom stereocenters. The molecular weight excluding hydrogens is 425 g/mol. The maximum atomic E-state index is 13.9. The van der Waals surface area contributed by atoms with Crippen LogP contribution in [0.5, 0.6) is 0 Å². The molecule has 142 valence electrons. The van der Waals surface area contributed by atoms with Crippen molar-refractivity contribution in [1.82, 2.24) is 9.78 Å². The number of aryl methyl sites for hydroxylation is 1. The molecule has 0 spiro atoms. The summed E-state index contributed by atoms with van der Waals surface area (Å²) >= 11 is 3.19. The van der Waals surface area contributed by atoms with E-state index in [0.29, 0.717) is 16.5 Å². The van der Waals surface area contributed by atoms with Crippen molar-refractivity contribution in [2.24, 2.45) is 0 Å². The van der Waals surface area contributed by atoms with Crippen molar-refractivity contribution in [1.29, 1.82) is 0 Å². The number of nitrogens with zero attached hydrogens (tertiary/aromatic N) is 2. The molecule has 1 heterocycles. The zero-order valence-corrected chi connectivity index (χ0v) is 16.7. The first-order valence-electron chi connectivity index (χ1n) is 8.92. The molecule has 2 aromatic carbocycles. The quantitative estimate of drug-likeness (QED) is 0.631. The van der Waals surface area contributed by atoms with Crippen LogP contribution in [-0.4, -0.2) is 21.5 Å². The standard InChI is InChI=1S/C21H17BrFN3O2/c1-12-20-18(3-2-4-19(20)27)26(25-12)15-8-5-13(6-9-15)21(28)24-17-10-7-14(22)11-16(17)23/h5-11H,2-4H2,1H3,(H,24,28). The highest BCUT2D eigenvalue weighted by molar-refractivity contribution is 9.10. The number of ketones is 1. The van der Waals surface area contributed by atoms with Crippen molar-refractivity contribution in [3.63, 3.8) is 0 Å². The second kappa shape index (κ2) is 7.31. The number of hydrogen-bond acceptors (Lipinski definition) is 3. The third-order valence-electron chi connectivity index (χ3n) is 4.81. The van der Waals surface area contributed by atoms with Gasteiger partial charge in [0.05, 0.1) is 28.3 Å². The molecule has 1 amide bonds. The Morgan fingerprint density at radius 1 is 1.18 bits per heavy atom. The summed E-state index contributed by atoms with van der Waals surface area (Å²) in [6.07, 6.45) is 2.18. The molecule has 0 saturated carbocycles. The van der Waals surface area contributed by atoms with Crippen LogP contribution >= 0.6 is 15.9 Å². The number of Topliss-reactive ketones (excluding diaryl/α,β-unsaturated/α-hetero) is 1. The Morgan fingerprint density at radius 3 is 2.64 bits per heavy atom. The Labute approximate surface area is 169 Å². The Morgan fingerprint density at radius 2 is 1.93 bits per heavy atom. The topological polar surface area (TPSA) is 64.0 Å². The fourth-order valence-corrected chi connectivity index (χ4v) is 3.80. The van der Waals surface area contributed by atoms with Gasteiger partial charge in [0.25, 0.3) is 5.91 Å². The molecular formula is C21H17BrFN3O2. The Kier molecular flexibility index (Phi) is 4.85. The smallest absolute Gasteiger partial charge is 0.255 e. The molecule has 28 heavy (non-hydrogen) atoms. The van der Waals surface area contributed by atoms with Crippen molar-refractivity contribution in [2.75, 3.05) is 5.32 Å². The molecule has 1 aromatic heterocycles. The zero-order valence-electron chi connectivity index (χ0n) is 15.1. The van der Waals surface area contributed by atoms with Crippen LogP contribution in [0.4, 0.5) is 10.1 Å². The van der Waals surface area contributed by atoms with Gasteiger partial charge < -0.3 is 5.32 Å². The Balaban J connectivity index is 1.59. The van der Waals surface area contributed by atoms with Crippen LogP contribution < -0.4 is 5.32 Å². The third-order valence-corrected chi connectivity index (χ3v) is 5.30. The summed E-state index contributed by atoms with van der Waals surface area (Å²) in [4.78, 5) is 24.6. The molecule has 4 rings (SSSR count). The van der Waals surface area contributed by atoms with E-state index in [1.54, 1.807) is 35.0 Å². The second-order valence-corrected chi connectivity index (χ2v) is 7.64. The molecule has 1 aliphatic carbocycles. The molecule has 0 bridgehead atoms. The average Bonchev–Trinajstić information content (AvgIpc) is 3.02. The van der Waals surface area contributed by atoms with Crippen LogP contribution in [0.2, 0.25) is 0 Å². The molecule has 3 aromatic rings. The fourth-order valence-electron chi connectivity index (χ4n) is 3.46. The minimum atomic E-state index is -0.511. The maximum absolute atomic E-state index is 13.9. The van der Waals surface area contributed by atoms with Gasteiger partial charge in [-0.2, -0.15) is 5.10 Å². The molecule has 5 nitrogen and oxygen atoms in total. The summed E-state index contributed by atoms with van der Waals surface area (Å²) in [5, 5.41) is 7.09. The number of amides is 1. The van der Waals surface area contributed by atoms with Gasteiger partial charge in [-0.25, -0.2) is 9.07 Å². The van der Waals surface area contributed by atoms with E-state index in [9.17, 15) is 14.0 Å². The summed E-state index contributed by atoms with van der Waals surface area (Å²) in [5.74, 6) is -0.776. The summed E-state index contributed by atoms with van der Waals surface area (Å²) in [6.45, 7) is 1.84. The molecule has 1 N–H and O–H groups in total. The zero-order chi connectivity index (χ0) is 19.8. The summed E-state index contributed by atoms with van der Waals surface area (Å²) in [6, 6.07) is 11.3. The number of aromatic nitrogens is 2. The van der Waals surface area contributed by atoms with E-state index < -0.39 is 11.7 Å². The molecule has 1 aliphatic rings. The lowest BCUT2D eigenvalue weighted by Gasteiger charge is -2.13. The van der Waals surface area contributed by atoms with Gasteiger partial charge in [0.2, 0.25) is 0 Å². The lowest BCUT2D eigenvalue weighted by Crippen LogP contribution is -2.14. The molecule has 0 unspecified atom stereocenters. The van der Waals surface area contributed by atoms with Crippen molar-refractivity contribution in [3.8, 4) is 5.69 Å². The first kappa shape index (κ1) is 18.6. The normalized spacial score (nSPS) is 13.3. The van der Waals surface area contributed by atoms with E-state index in [0.717, 1.165) is 35.5 Å². The first-order chi connectivity index (χ1) is 13.4. The van der Waals surface area contributed by atoms with Crippen LogP contribution in [0.15, 0.2) is 46.9 Å². The number of carbonyl (C=O) groups excluding carboxylic acids is 2. The van der Waals surface area contributed by atoms with Crippen molar-refractivity contribution in [2.45, 2.75) is 26.2 Å². The van der Waals surface area contributed by atoms with Gasteiger partial charge in [0.15, 0.2) is 5.78 Å². The second-order valence-electron chi connectivity index (χ2n) is 6.72. The highest BCUT2D eigenvalue weighted by Gasteiger charge is 2.25. The van der Waals surface area contributed by atoms with E-state index >= 15 is 0 Å². The Hall–Kier alpha value is -2.80. The van der Waals surface area contributed by atoms with E-state index in [2.05, 4.69) is 26.3 Å². The van der Waals surface area contributed by atoms with Crippen molar-refractivity contribution in [3.05, 3.63) is 75.3 Å². The van der Waals surface area contributed by atoms with Crippen LogP contribution in [-0.2, 0) is 6.42 Å². The van der Waals surface area contributed by atoms with Crippen LogP contribution in [0.25, 0.3) is 5.69 Å². The Bertz CT molecular complexity index is 1090. The van der Waals surface area contributed by atoms with E-state index in [4.69, 9.17) is 0 Å². The number of hydrogen-bond donors (Lipinski definition) is 1. The summed E-state index contributed by atoms with van der Waals surface area (Å²) in [5.41, 5.74) is 3.67. The van der Waals surface area contributed by atoms with Crippen LogP contribution in [0, 0.1) is 12.7 Å². The molecule has 0 radical (unpaired) electrons. The molecule has 0 fully saturated rings. The van der Waals surface area contributed by atoms with Gasteiger partial charge in [-0.1, -0.05) is 15.9 Å². The number of rotatable bonds is 3. The lowest BCUT2D eigenvalue weighted by atomic mass is 9.94. The number of nitrogens with one attached hydrogen (secondary N) is 1.